The minimum atomic E-state index is 0.0543. The molecule has 0 unspecified atom stereocenters. The van der Waals surface area contributed by atoms with Gasteiger partial charge in [-0.3, -0.25) is 9.78 Å². The molecular weight excluding hydrogens is 334 g/mol. The number of hydrogen-bond donors (Lipinski definition) is 2. The van der Waals surface area contributed by atoms with Crippen LogP contribution in [0.5, 0.6) is 0 Å². The third-order valence-corrected chi connectivity index (χ3v) is 4.59. The number of carbonyl (C=O) groups is 1. The summed E-state index contributed by atoms with van der Waals surface area (Å²) in [7, 11) is 0. The summed E-state index contributed by atoms with van der Waals surface area (Å²) in [4.78, 5) is 16.6. The molecule has 0 saturated heterocycles. The first kappa shape index (κ1) is 18.6. The van der Waals surface area contributed by atoms with E-state index >= 15 is 0 Å². The molecular formula is C23H25N3O. The predicted molar refractivity (Wildman–Crippen MR) is 110 cm³/mol. The molecule has 0 fully saturated rings. The van der Waals surface area contributed by atoms with E-state index in [-0.39, 0.29) is 11.8 Å². The zero-order valence-corrected chi connectivity index (χ0v) is 15.6. The number of rotatable bonds is 8. The van der Waals surface area contributed by atoms with Crippen LogP contribution in [0.3, 0.4) is 0 Å². The zero-order chi connectivity index (χ0) is 18.9. The number of anilines is 1. The molecule has 0 saturated carbocycles. The van der Waals surface area contributed by atoms with Crippen LogP contribution in [-0.2, 0) is 4.79 Å². The lowest BCUT2D eigenvalue weighted by molar-refractivity contribution is -0.121. The molecule has 0 radical (unpaired) electrons. The Morgan fingerprint density at radius 1 is 0.963 bits per heavy atom. The second-order valence-electron chi connectivity index (χ2n) is 6.54. The fraction of sp³-hybridized carbons (Fsp3) is 0.217. The van der Waals surface area contributed by atoms with Crippen LogP contribution in [0.4, 0.5) is 5.69 Å². The van der Waals surface area contributed by atoms with E-state index in [1.54, 1.807) is 12.4 Å². The van der Waals surface area contributed by atoms with Crippen molar-refractivity contribution in [2.24, 2.45) is 0 Å². The Kier molecular flexibility index (Phi) is 6.58. The van der Waals surface area contributed by atoms with Gasteiger partial charge in [0.05, 0.1) is 5.69 Å². The summed E-state index contributed by atoms with van der Waals surface area (Å²) in [6, 6.07) is 22.4. The van der Waals surface area contributed by atoms with Gasteiger partial charge in [0.15, 0.2) is 0 Å². The highest BCUT2D eigenvalue weighted by Gasteiger charge is 2.19. The summed E-state index contributed by atoms with van der Waals surface area (Å²) in [5, 5.41) is 6.27. The van der Waals surface area contributed by atoms with Crippen LogP contribution in [0.25, 0.3) is 0 Å². The Morgan fingerprint density at radius 2 is 1.74 bits per heavy atom. The second-order valence-corrected chi connectivity index (χ2v) is 6.54. The number of nitrogens with one attached hydrogen (secondary N) is 2. The highest BCUT2D eigenvalue weighted by Crippen LogP contribution is 2.30. The minimum Gasteiger partial charge on any atom is -0.382 e. The van der Waals surface area contributed by atoms with Crippen LogP contribution in [0.15, 0.2) is 79.1 Å². The number of aromatic nitrogens is 1. The van der Waals surface area contributed by atoms with E-state index < -0.39 is 0 Å². The van der Waals surface area contributed by atoms with Crippen molar-refractivity contribution in [3.05, 3.63) is 95.8 Å². The highest BCUT2D eigenvalue weighted by atomic mass is 16.1. The first-order valence-corrected chi connectivity index (χ1v) is 9.25. The maximum absolute atomic E-state index is 12.6. The standard InChI is InChI=1S/C23H25N3O/c1-18-8-5-6-12-21(18)22(19-9-3-2-4-10-19)16-23(27)26-15-14-25-20-11-7-13-24-17-20/h2-13,17,22,25H,14-16H2,1H3,(H,26,27)/t22-/m0/s1. The third kappa shape index (κ3) is 5.42. The van der Waals surface area contributed by atoms with Crippen molar-refractivity contribution in [3.63, 3.8) is 0 Å². The van der Waals surface area contributed by atoms with Gasteiger partial charge in [0.25, 0.3) is 0 Å². The van der Waals surface area contributed by atoms with Crippen molar-refractivity contribution < 1.29 is 4.79 Å². The van der Waals surface area contributed by atoms with E-state index in [1.165, 1.54) is 11.1 Å². The molecule has 3 aromatic rings. The van der Waals surface area contributed by atoms with Crippen LogP contribution >= 0.6 is 0 Å². The van der Waals surface area contributed by atoms with E-state index in [1.807, 2.05) is 42.5 Å². The van der Waals surface area contributed by atoms with Crippen LogP contribution in [0.1, 0.15) is 29.0 Å². The maximum atomic E-state index is 12.6. The van der Waals surface area contributed by atoms with Gasteiger partial charge in [0.2, 0.25) is 5.91 Å². The van der Waals surface area contributed by atoms with E-state index in [0.717, 1.165) is 11.3 Å². The molecule has 0 aliphatic carbocycles. The van der Waals surface area contributed by atoms with E-state index in [9.17, 15) is 4.79 Å². The Hall–Kier alpha value is -3.14. The number of pyridine rings is 1. The van der Waals surface area contributed by atoms with Gasteiger partial charge in [-0.25, -0.2) is 0 Å². The molecule has 1 atom stereocenters. The lowest BCUT2D eigenvalue weighted by Gasteiger charge is -2.20. The third-order valence-electron chi connectivity index (χ3n) is 4.59. The normalized spacial score (nSPS) is 11.6. The predicted octanol–water partition coefficient (Wildman–Crippen LogP) is 4.14. The van der Waals surface area contributed by atoms with Gasteiger partial charge in [0.1, 0.15) is 0 Å². The number of benzene rings is 2. The molecule has 1 aromatic heterocycles. The summed E-state index contributed by atoms with van der Waals surface area (Å²) in [6.07, 6.45) is 3.94. The van der Waals surface area contributed by atoms with Crippen molar-refractivity contribution in [1.29, 1.82) is 0 Å². The maximum Gasteiger partial charge on any atom is 0.221 e. The van der Waals surface area contributed by atoms with Crippen LogP contribution in [0.2, 0.25) is 0 Å². The summed E-state index contributed by atoms with van der Waals surface area (Å²) < 4.78 is 0. The van der Waals surface area contributed by atoms with Crippen molar-refractivity contribution in [2.75, 3.05) is 18.4 Å². The van der Waals surface area contributed by atoms with Crippen molar-refractivity contribution >= 4 is 11.6 Å². The number of amides is 1. The van der Waals surface area contributed by atoms with Gasteiger partial charge in [-0.15, -0.1) is 0 Å². The van der Waals surface area contributed by atoms with Crippen molar-refractivity contribution in [2.45, 2.75) is 19.3 Å². The van der Waals surface area contributed by atoms with E-state index in [2.05, 4.69) is 46.8 Å². The van der Waals surface area contributed by atoms with Crippen LogP contribution in [0, 0.1) is 6.92 Å². The molecule has 2 N–H and O–H groups in total. The molecule has 138 valence electrons. The van der Waals surface area contributed by atoms with Crippen molar-refractivity contribution in [3.8, 4) is 0 Å². The number of nitrogens with zero attached hydrogens (tertiary/aromatic N) is 1. The topological polar surface area (TPSA) is 54.0 Å². The monoisotopic (exact) mass is 359 g/mol. The summed E-state index contributed by atoms with van der Waals surface area (Å²) in [5.41, 5.74) is 4.52. The van der Waals surface area contributed by atoms with Crippen molar-refractivity contribution in [1.82, 2.24) is 10.3 Å². The van der Waals surface area contributed by atoms with E-state index in [4.69, 9.17) is 0 Å². The first-order valence-electron chi connectivity index (χ1n) is 9.25. The van der Waals surface area contributed by atoms with Gasteiger partial charge >= 0.3 is 0 Å². The zero-order valence-electron chi connectivity index (χ0n) is 15.6. The SMILES string of the molecule is Cc1ccccc1[C@@H](CC(=O)NCCNc1cccnc1)c1ccccc1. The molecule has 4 nitrogen and oxygen atoms in total. The lowest BCUT2D eigenvalue weighted by Crippen LogP contribution is -2.30. The molecule has 0 bridgehead atoms. The Morgan fingerprint density at radius 3 is 2.48 bits per heavy atom. The Balaban J connectivity index is 1.60. The fourth-order valence-electron chi connectivity index (χ4n) is 3.20. The summed E-state index contributed by atoms with van der Waals surface area (Å²) in [5.74, 6) is 0.110. The first-order chi connectivity index (χ1) is 13.2. The lowest BCUT2D eigenvalue weighted by atomic mass is 9.86. The van der Waals surface area contributed by atoms with Gasteiger partial charge in [-0.2, -0.15) is 0 Å². The average Bonchev–Trinajstić information content (AvgIpc) is 2.71. The Bertz CT molecular complexity index is 850. The van der Waals surface area contributed by atoms with Crippen LogP contribution < -0.4 is 10.6 Å². The molecule has 2 aromatic carbocycles. The van der Waals surface area contributed by atoms with Crippen LogP contribution in [-0.4, -0.2) is 24.0 Å². The van der Waals surface area contributed by atoms with Gasteiger partial charge < -0.3 is 10.6 Å². The van der Waals surface area contributed by atoms with Gasteiger partial charge in [0, 0.05) is 37.8 Å². The summed E-state index contributed by atoms with van der Waals surface area (Å²) in [6.45, 7) is 3.34. The summed E-state index contributed by atoms with van der Waals surface area (Å²) >= 11 is 0. The minimum absolute atomic E-state index is 0.0543. The number of carbonyl (C=O) groups excluding carboxylic acids is 1. The second kappa shape index (κ2) is 9.53. The average molecular weight is 359 g/mol. The molecule has 0 spiro atoms. The molecule has 4 heteroatoms. The smallest absolute Gasteiger partial charge is 0.221 e. The molecule has 1 amide bonds. The Labute approximate surface area is 160 Å². The van der Waals surface area contributed by atoms with E-state index in [0.29, 0.717) is 19.5 Å². The van der Waals surface area contributed by atoms with Gasteiger partial charge in [-0.05, 0) is 35.7 Å². The number of hydrogen-bond acceptors (Lipinski definition) is 3. The number of aryl methyl sites for hydroxylation is 1. The molecule has 0 aliphatic rings. The largest absolute Gasteiger partial charge is 0.382 e. The highest BCUT2D eigenvalue weighted by molar-refractivity contribution is 5.77. The quantitative estimate of drug-likeness (QED) is 0.594. The molecule has 0 aliphatic heterocycles. The molecule has 1 heterocycles. The molecule has 27 heavy (non-hydrogen) atoms. The van der Waals surface area contributed by atoms with Gasteiger partial charge in [-0.1, -0.05) is 54.6 Å². The fourth-order valence-corrected chi connectivity index (χ4v) is 3.20. The molecule has 3 rings (SSSR count).